The normalized spacial score (nSPS) is 42.4. The monoisotopic (exact) mass is 1000 g/mol. The quantitative estimate of drug-likeness (QED) is 0.147. The first kappa shape index (κ1) is 60.1. The zero-order valence-corrected chi connectivity index (χ0v) is 45.6. The van der Waals surface area contributed by atoms with Gasteiger partial charge in [0.15, 0.2) is 18.7 Å². The lowest BCUT2D eigenvalue weighted by Gasteiger charge is -2.55. The Morgan fingerprint density at radius 1 is 0.943 bits per heavy atom. The largest absolute Gasteiger partial charge is 0.459 e. The summed E-state index contributed by atoms with van der Waals surface area (Å²) in [6, 6.07) is -1.83. The maximum atomic E-state index is 14.7. The van der Waals surface area contributed by atoms with Crippen LogP contribution in [0.5, 0.6) is 0 Å². The second kappa shape index (κ2) is 24.3. The summed E-state index contributed by atoms with van der Waals surface area (Å²) in [6.45, 7) is 28.7. The molecule has 0 aromatic rings. The van der Waals surface area contributed by atoms with Crippen molar-refractivity contribution in [2.24, 2.45) is 17.8 Å². The number of methoxy groups -OCH3 is 1. The number of likely N-dealkylation sites (N-methyl/N-ethyl adjacent to an activating group) is 2. The number of aliphatic hydroxyl groups excluding tert-OH is 1. The number of carbonyl (C=O) groups excluding carboxylic acids is 3. The van der Waals surface area contributed by atoms with Crippen molar-refractivity contribution in [2.75, 3.05) is 67.0 Å². The van der Waals surface area contributed by atoms with Gasteiger partial charge in [0, 0.05) is 77.3 Å². The van der Waals surface area contributed by atoms with Crippen molar-refractivity contribution in [1.82, 2.24) is 30.7 Å². The van der Waals surface area contributed by atoms with Gasteiger partial charge in [0.05, 0.1) is 42.0 Å². The maximum Gasteiger partial charge on any atom is 0.407 e. The van der Waals surface area contributed by atoms with Crippen molar-refractivity contribution in [1.29, 1.82) is 0 Å². The zero-order valence-electron chi connectivity index (χ0n) is 45.6. The molecule has 70 heavy (non-hydrogen) atoms. The number of piperazine rings is 1. The zero-order chi connectivity index (χ0) is 52.9. The third-order valence-corrected chi connectivity index (χ3v) is 15.4. The van der Waals surface area contributed by atoms with Crippen molar-refractivity contribution >= 4 is 18.1 Å². The molecule has 3 amide bonds. The third kappa shape index (κ3) is 14.4. The fraction of sp³-hybridized carbons (Fsp3) is 0.940. The molecule has 4 aliphatic rings. The number of ether oxygens (including phenoxy) is 7. The number of cyclic esters (lactones) is 1. The Morgan fingerprint density at radius 2 is 1.57 bits per heavy atom. The van der Waals surface area contributed by atoms with Gasteiger partial charge in [0.1, 0.15) is 29.0 Å². The van der Waals surface area contributed by atoms with E-state index in [9.17, 15) is 34.8 Å². The topological polar surface area (TPSA) is 243 Å². The third-order valence-electron chi connectivity index (χ3n) is 15.4. The van der Waals surface area contributed by atoms with Crippen LogP contribution in [0.3, 0.4) is 0 Å². The minimum absolute atomic E-state index is 0.0421. The van der Waals surface area contributed by atoms with E-state index in [1.807, 2.05) is 41.5 Å². The minimum Gasteiger partial charge on any atom is -0.459 e. The minimum atomic E-state index is -1.88. The van der Waals surface area contributed by atoms with Crippen LogP contribution in [0.1, 0.15) is 123 Å². The lowest BCUT2D eigenvalue weighted by Crippen LogP contribution is -2.71. The average molecular weight is 1000 g/mol. The van der Waals surface area contributed by atoms with Crippen LogP contribution in [0.4, 0.5) is 9.59 Å². The van der Waals surface area contributed by atoms with Gasteiger partial charge in [0.25, 0.3) is 0 Å². The van der Waals surface area contributed by atoms with E-state index in [2.05, 4.69) is 32.8 Å². The van der Waals surface area contributed by atoms with Gasteiger partial charge in [-0.3, -0.25) is 9.69 Å². The Labute approximate surface area is 418 Å². The molecule has 0 spiro atoms. The lowest BCUT2D eigenvalue weighted by molar-refractivity contribution is -0.339. The fourth-order valence-corrected chi connectivity index (χ4v) is 10.9. The van der Waals surface area contributed by atoms with E-state index in [0.29, 0.717) is 6.54 Å². The summed E-state index contributed by atoms with van der Waals surface area (Å²) in [7, 11) is 5.23. The van der Waals surface area contributed by atoms with E-state index in [1.165, 1.54) is 11.8 Å². The van der Waals surface area contributed by atoms with Crippen LogP contribution < -0.4 is 16.0 Å². The van der Waals surface area contributed by atoms with Gasteiger partial charge in [0.2, 0.25) is 0 Å². The molecule has 4 unspecified atom stereocenters. The predicted octanol–water partition coefficient (Wildman–Crippen LogP) is 2.81. The highest BCUT2D eigenvalue weighted by Gasteiger charge is 2.59. The molecule has 408 valence electrons. The molecule has 0 aromatic heterocycles. The molecule has 18 atom stereocenters. The standard InChI is InChI=1S/C50H94N6O14/c1-18-36-49(14,62)40(57)33(7)52-27-29(3)25-47(12,61)41(70-43-39(69-45(60)51-19-2)35(24-30(4)65-43)55(16)44(59)53-46(9,10)11)31(5)38(32(6)42(58)67-36)68-37-26-48(13,64-17)50(63,34(8)66-37)28-56-22-20-54(15)21-23-56/h29-41,43,52,57,61-63H,18-28H2,1-17H3,(H,51,60)(H,53,59)/t29-,30?,31+,32-,33-,34+,35?,36-,37+,38+,39?,40-,41-,43?,47-,48-,49-,50+/m1/s1. The number of aliphatic hydroxyl groups is 4. The number of urea groups is 1. The molecule has 0 aromatic carbocycles. The smallest absolute Gasteiger partial charge is 0.407 e. The van der Waals surface area contributed by atoms with Crippen molar-refractivity contribution in [2.45, 2.75) is 218 Å². The molecular formula is C50H94N6O14. The Kier molecular flexibility index (Phi) is 20.8. The van der Waals surface area contributed by atoms with E-state index >= 15 is 0 Å². The van der Waals surface area contributed by atoms with Gasteiger partial charge >= 0.3 is 18.1 Å². The van der Waals surface area contributed by atoms with Crippen LogP contribution in [0.2, 0.25) is 0 Å². The molecule has 0 radical (unpaired) electrons. The first-order valence-electron chi connectivity index (χ1n) is 25.7. The molecular weight excluding hydrogens is 909 g/mol. The van der Waals surface area contributed by atoms with Crippen LogP contribution in [0.15, 0.2) is 0 Å². The summed E-state index contributed by atoms with van der Waals surface area (Å²) in [5, 5.41) is 58.0. The van der Waals surface area contributed by atoms with Crippen LogP contribution in [-0.2, 0) is 38.0 Å². The number of carbonyl (C=O) groups is 3. The molecule has 4 aliphatic heterocycles. The second-order valence-electron chi connectivity index (χ2n) is 22.8. The number of nitrogens with one attached hydrogen (secondary N) is 3. The van der Waals surface area contributed by atoms with Crippen LogP contribution in [-0.4, -0.2) is 216 Å². The molecule has 0 saturated carbocycles. The van der Waals surface area contributed by atoms with E-state index in [-0.39, 0.29) is 44.7 Å². The average Bonchev–Trinajstić information content (AvgIpc) is 3.26. The van der Waals surface area contributed by atoms with Gasteiger partial charge in [-0.2, -0.15) is 0 Å². The van der Waals surface area contributed by atoms with E-state index < -0.39 is 125 Å². The fourth-order valence-electron chi connectivity index (χ4n) is 10.9. The van der Waals surface area contributed by atoms with Gasteiger partial charge in [-0.05, 0) is 115 Å². The van der Waals surface area contributed by atoms with E-state index in [4.69, 9.17) is 33.2 Å². The van der Waals surface area contributed by atoms with Gasteiger partial charge in [-0.15, -0.1) is 0 Å². The highest BCUT2D eigenvalue weighted by Crippen LogP contribution is 2.44. The molecule has 7 N–H and O–H groups in total. The molecule has 4 fully saturated rings. The molecule has 4 rings (SSSR count). The summed E-state index contributed by atoms with van der Waals surface area (Å²) in [5.74, 6) is -3.08. The molecule has 4 heterocycles. The SMILES string of the molecule is CCNC(=O)OC1C(O[C@@H]2[C@@H](C)[C@H](O[C@H]3C[C@@](C)(OC)[C@](O)(CN4CCN(C)CC4)[C@H](C)O3)[C@@H](C)C(=O)O[C@H](CC)[C@@](C)(O)[C@H](O)[C@@H](C)NC[C@H](C)C[C@@]2(C)O)OC(C)CC1N(C)C(=O)NC(C)(C)C. The molecule has 20 heteroatoms. The number of nitrogens with zero attached hydrogens (tertiary/aromatic N) is 3. The van der Waals surface area contributed by atoms with Crippen molar-refractivity contribution in [3.63, 3.8) is 0 Å². The first-order valence-corrected chi connectivity index (χ1v) is 25.7. The molecule has 4 saturated heterocycles. The van der Waals surface area contributed by atoms with Crippen LogP contribution >= 0.6 is 0 Å². The summed E-state index contributed by atoms with van der Waals surface area (Å²) in [5.41, 5.74) is -6.88. The predicted molar refractivity (Wildman–Crippen MR) is 263 cm³/mol. The number of hydrogen-bond acceptors (Lipinski definition) is 17. The van der Waals surface area contributed by atoms with Crippen molar-refractivity contribution in [3.8, 4) is 0 Å². The maximum absolute atomic E-state index is 14.7. The highest BCUT2D eigenvalue weighted by molar-refractivity contribution is 5.75. The van der Waals surface area contributed by atoms with Crippen molar-refractivity contribution < 1.29 is 68.0 Å². The van der Waals surface area contributed by atoms with Gasteiger partial charge in [-0.1, -0.05) is 20.8 Å². The Morgan fingerprint density at radius 3 is 2.14 bits per heavy atom. The van der Waals surface area contributed by atoms with Crippen molar-refractivity contribution in [3.05, 3.63) is 0 Å². The summed E-state index contributed by atoms with van der Waals surface area (Å²) >= 11 is 0. The Hall–Kier alpha value is -2.47. The summed E-state index contributed by atoms with van der Waals surface area (Å²) in [4.78, 5) is 47.8. The number of alkyl carbamates (subject to hydrolysis) is 1. The van der Waals surface area contributed by atoms with E-state index in [0.717, 1.165) is 26.2 Å². The number of hydrogen-bond donors (Lipinski definition) is 7. The summed E-state index contributed by atoms with van der Waals surface area (Å²) in [6.07, 6.45) is -10.1. The highest BCUT2D eigenvalue weighted by atomic mass is 16.7. The Balaban J connectivity index is 1.87. The summed E-state index contributed by atoms with van der Waals surface area (Å²) < 4.78 is 45.6. The van der Waals surface area contributed by atoms with E-state index in [1.54, 1.807) is 62.6 Å². The number of rotatable bonds is 11. The van der Waals surface area contributed by atoms with Crippen LogP contribution in [0, 0.1) is 17.8 Å². The number of amides is 3. The molecule has 20 nitrogen and oxygen atoms in total. The van der Waals surface area contributed by atoms with Crippen LogP contribution in [0.25, 0.3) is 0 Å². The molecule has 0 aliphatic carbocycles. The number of esters is 1. The lowest BCUT2D eigenvalue weighted by atomic mass is 9.74. The Bertz CT molecular complexity index is 1700. The number of β-amino-alcohol motifs (C(OH)–C–C–N with tert-alkyl or cyclic N) is 1. The second-order valence-corrected chi connectivity index (χ2v) is 22.8. The van der Waals surface area contributed by atoms with Gasteiger partial charge < -0.3 is 79.3 Å². The molecule has 0 bridgehead atoms. The van der Waals surface area contributed by atoms with Gasteiger partial charge in [-0.25, -0.2) is 9.59 Å². The first-order chi connectivity index (χ1) is 32.3.